The largest absolute Gasteiger partial charge is 0.473 e. The van der Waals surface area contributed by atoms with Crippen molar-refractivity contribution in [2.75, 3.05) is 0 Å². The van der Waals surface area contributed by atoms with E-state index < -0.39 is 11.9 Å². The first-order chi connectivity index (χ1) is 3.72. The van der Waals surface area contributed by atoms with E-state index in [0.29, 0.717) is 0 Å². The van der Waals surface area contributed by atoms with E-state index in [1.54, 1.807) is 0 Å². The van der Waals surface area contributed by atoms with Crippen LogP contribution in [0.15, 0.2) is 0 Å². The van der Waals surface area contributed by atoms with Gasteiger partial charge in [0.2, 0.25) is 0 Å². The molecular weight excluding hydrogens is 88.0 g/mol. The van der Waals surface area contributed by atoms with Gasteiger partial charge in [-0.2, -0.15) is 0 Å². The highest BCUT2D eigenvalue weighted by Gasteiger charge is 2.04. The number of hydrogen-bond donors (Lipinski definition) is 2. The van der Waals surface area contributed by atoms with Gasteiger partial charge in [-0.05, 0) is 0 Å². The van der Waals surface area contributed by atoms with E-state index in [4.69, 9.17) is 2.86 Å². The van der Waals surface area contributed by atoms with Crippen molar-refractivity contribution in [2.24, 2.45) is 0 Å². The molecule has 0 heterocycles. The maximum absolute atomic E-state index is 9.74. The summed E-state index contributed by atoms with van der Waals surface area (Å²) in [6.07, 6.45) is 0. The van der Waals surface area contributed by atoms with E-state index in [1.165, 1.54) is 0 Å². The van der Waals surface area contributed by atoms with Crippen molar-refractivity contribution < 1.29 is 19.8 Å². The van der Waals surface area contributed by atoms with Gasteiger partial charge in [0.15, 0.2) is 0 Å². The molecule has 0 aromatic heterocycles. The van der Waals surface area contributed by atoms with Crippen molar-refractivity contribution in [1.29, 1.82) is 2.86 Å². The smallest absolute Gasteiger partial charge is 0.414 e. The Labute approximate surface area is 36.0 Å². The predicted octanol–water partition coefficient (Wildman–Crippen LogP) is -0.844. The fourth-order valence-corrected chi connectivity index (χ4v) is 0. The Bertz CT molecular complexity index is 96.6. The molecule has 0 aromatic carbocycles. The number of hydrogen-bond acceptors (Lipinski definition) is 4. The van der Waals surface area contributed by atoms with Crippen LogP contribution in [-0.4, -0.2) is 22.2 Å². The highest BCUT2D eigenvalue weighted by atomic mass is 16.4. The Morgan fingerprint density at radius 2 is 1.67 bits per heavy atom. The predicted molar refractivity (Wildman–Crippen MR) is 15.3 cm³/mol. The van der Waals surface area contributed by atoms with Crippen molar-refractivity contribution in [1.82, 2.24) is 0 Å². The fraction of sp³-hybridized carbons (Fsp3) is 0. The molecule has 0 atom stereocenters. The Morgan fingerprint density at radius 1 is 1.33 bits per heavy atom. The number of rotatable bonds is 0. The molecule has 2 N–H and O–H groups in total. The molecule has 0 aliphatic rings. The molecule has 0 spiro atoms. The van der Waals surface area contributed by atoms with Gasteiger partial charge in [0.1, 0.15) is 0 Å². The standard InChI is InChI=1S/C2H2O4/c3-1(4)2(5)6/h(H,3,4)(H,5,6)/i/hD2. The molecule has 0 radical (unpaired) electrons. The zero-order valence-electron chi connectivity index (χ0n) is 4.63. The van der Waals surface area contributed by atoms with Crippen LogP contribution < -0.4 is 0 Å². The number of carbonyl (C=O) groups is 2. The summed E-state index contributed by atoms with van der Waals surface area (Å²) < 4.78 is 11.6. The van der Waals surface area contributed by atoms with E-state index >= 15 is 0 Å². The Balaban J connectivity index is 3.64. The summed E-state index contributed by atoms with van der Waals surface area (Å²) in [5, 5.41) is 6.24. The molecule has 0 saturated carbocycles. The molecule has 0 bridgehead atoms. The Kier molecular flexibility index (Phi) is 0.506. The van der Waals surface area contributed by atoms with Crippen LogP contribution >= 0.6 is 0 Å². The lowest BCUT2D eigenvalue weighted by Gasteiger charge is -1.72. The van der Waals surface area contributed by atoms with Crippen LogP contribution in [0.4, 0.5) is 0 Å². The number of carboxylic acids is 2. The van der Waals surface area contributed by atoms with E-state index in [-0.39, 0.29) is 0 Å². The van der Waals surface area contributed by atoms with Crippen LogP contribution in [0.2, 0.25) is 0 Å². The summed E-state index contributed by atoms with van der Waals surface area (Å²) in [6.45, 7) is 0. The first-order valence-corrected chi connectivity index (χ1v) is 1.07. The van der Waals surface area contributed by atoms with Gasteiger partial charge < -0.3 is 10.2 Å². The highest BCUT2D eigenvalue weighted by molar-refractivity contribution is 6.27. The molecule has 0 amide bonds. The van der Waals surface area contributed by atoms with Crippen LogP contribution in [0.5, 0.6) is 0 Å². The second-order valence-corrected chi connectivity index (χ2v) is 0.575. The Morgan fingerprint density at radius 3 is 1.83 bits per heavy atom. The van der Waals surface area contributed by atoms with Gasteiger partial charge in [0.25, 0.3) is 2.86 Å². The maximum Gasteiger partial charge on any atom is 0.414 e. The molecule has 0 saturated heterocycles. The lowest BCUT2D eigenvalue weighted by molar-refractivity contribution is -0.159. The van der Waals surface area contributed by atoms with Gasteiger partial charge in [-0.3, -0.25) is 0 Å². The summed E-state index contributed by atoms with van der Waals surface area (Å²) in [7, 11) is 0. The molecule has 0 aromatic rings. The average molecular weight is 92.0 g/mol. The van der Waals surface area contributed by atoms with E-state index in [1.807, 2.05) is 0 Å². The molecule has 0 aliphatic heterocycles. The second-order valence-electron chi connectivity index (χ2n) is 0.575. The van der Waals surface area contributed by atoms with Crippen LogP contribution in [0.25, 0.3) is 2.86 Å². The molecule has 6 heavy (non-hydrogen) atoms. The first-order valence-electron chi connectivity index (χ1n) is 1.88. The molecule has 0 rings (SSSR count). The zero-order valence-corrected chi connectivity index (χ0v) is 2.63. The Hall–Kier alpha value is -1.06. The molecule has 4 nitrogen and oxygen atoms in total. The third kappa shape index (κ3) is 1.28. The average Bonchev–Trinajstić information content (AvgIpc) is 1.84. The van der Waals surface area contributed by atoms with Gasteiger partial charge in [-0.1, -0.05) is 0 Å². The van der Waals surface area contributed by atoms with Gasteiger partial charge in [0, 0.05) is 0 Å². The molecule has 4 heteroatoms. The third-order valence-corrected chi connectivity index (χ3v) is 0.167. The summed E-state index contributed by atoms with van der Waals surface area (Å²) in [6, 6.07) is 0. The van der Waals surface area contributed by atoms with Crippen molar-refractivity contribution in [3.63, 3.8) is 0 Å². The summed E-state index contributed by atoms with van der Waals surface area (Å²) in [4.78, 5) is 19.5. The monoisotopic (exact) mass is 92.0 g/mol. The minimum atomic E-state index is -1.50. The number of aliphatic carboxylic acids is 2. The minimum absolute atomic E-state index is 1.50. The zero-order chi connectivity index (χ0) is 6.57. The number of carboxylic acid groups (broad SMARTS) is 2. The van der Waals surface area contributed by atoms with Gasteiger partial charge >= 0.3 is 11.9 Å². The van der Waals surface area contributed by atoms with Crippen molar-refractivity contribution in [3.8, 4) is 0 Å². The molecule has 0 fully saturated rings. The summed E-state index contributed by atoms with van der Waals surface area (Å²) >= 11 is 0. The van der Waals surface area contributed by atoms with Crippen LogP contribution in [0.1, 0.15) is 0 Å². The lowest BCUT2D eigenvalue weighted by Crippen LogP contribution is -2.09. The van der Waals surface area contributed by atoms with Crippen molar-refractivity contribution in [2.45, 2.75) is 0 Å². The van der Waals surface area contributed by atoms with Crippen LogP contribution in [-0.2, 0) is 9.59 Å². The normalized spacial score (nSPS) is 10.7. The van der Waals surface area contributed by atoms with Gasteiger partial charge in [-0.15, -0.1) is 0 Å². The maximum atomic E-state index is 9.74. The molecular formula is C2H2O4. The summed E-state index contributed by atoms with van der Waals surface area (Å²) in [5.41, 5.74) is 0. The van der Waals surface area contributed by atoms with Crippen molar-refractivity contribution in [3.05, 3.63) is 0 Å². The molecule has 34 valence electrons. The first kappa shape index (κ1) is 2.17. The third-order valence-electron chi connectivity index (χ3n) is 0.167. The van der Waals surface area contributed by atoms with E-state index in [0.717, 1.165) is 0 Å². The van der Waals surface area contributed by atoms with E-state index in [9.17, 15) is 9.59 Å². The fourth-order valence-electron chi connectivity index (χ4n) is 0. The molecule has 0 unspecified atom stereocenters. The SMILES string of the molecule is [2H]OC(=O)C(=O)O[2H]. The van der Waals surface area contributed by atoms with E-state index in [2.05, 4.69) is 10.2 Å². The second kappa shape index (κ2) is 1.40. The minimum Gasteiger partial charge on any atom is -0.473 e. The quantitative estimate of drug-likeness (QED) is 0.382. The van der Waals surface area contributed by atoms with Crippen LogP contribution in [0, 0.1) is 0 Å². The highest BCUT2D eigenvalue weighted by Crippen LogP contribution is 1.56. The lowest BCUT2D eigenvalue weighted by atomic mass is 10.7. The van der Waals surface area contributed by atoms with Gasteiger partial charge in [0.05, 0.1) is 0 Å². The van der Waals surface area contributed by atoms with Gasteiger partial charge in [-0.25, -0.2) is 9.59 Å². The van der Waals surface area contributed by atoms with Crippen molar-refractivity contribution >= 4 is 11.9 Å². The van der Waals surface area contributed by atoms with Crippen LogP contribution in [0.3, 0.4) is 0 Å². The summed E-state index contributed by atoms with van der Waals surface area (Å²) in [5.74, 6) is -3.00. The topological polar surface area (TPSA) is 74.6 Å². The molecule has 0 aliphatic carbocycles.